The molecule has 1 unspecified atom stereocenters. The molecule has 20 heavy (non-hydrogen) atoms. The number of nitrogens with one attached hydrogen (secondary N) is 1. The molecule has 2 rings (SSSR count). The van der Waals surface area contributed by atoms with Gasteiger partial charge in [-0.1, -0.05) is 25.4 Å². The van der Waals surface area contributed by atoms with E-state index in [-0.39, 0.29) is 5.41 Å². The van der Waals surface area contributed by atoms with Crippen molar-refractivity contribution in [1.29, 1.82) is 0 Å². The Balaban J connectivity index is 2.21. The van der Waals surface area contributed by atoms with Crippen LogP contribution in [0.3, 0.4) is 0 Å². The fourth-order valence-corrected chi connectivity index (χ4v) is 3.00. The summed E-state index contributed by atoms with van der Waals surface area (Å²) < 4.78 is 0. The number of halogens is 1. The van der Waals surface area contributed by atoms with E-state index in [1.807, 2.05) is 12.1 Å². The molecule has 4 heteroatoms. The number of hydrogen-bond donors (Lipinski definition) is 2. The normalized spacial score (nSPS) is 25.8. The van der Waals surface area contributed by atoms with Crippen molar-refractivity contribution in [3.63, 3.8) is 0 Å². The van der Waals surface area contributed by atoms with Crippen LogP contribution in [0.15, 0.2) is 24.3 Å². The molecular weight excluding hydrogens is 274 g/mol. The number of aliphatic carboxylic acids is 1. The Morgan fingerprint density at radius 1 is 1.15 bits per heavy atom. The van der Waals surface area contributed by atoms with Crippen LogP contribution in [0.4, 0.5) is 5.69 Å². The van der Waals surface area contributed by atoms with Gasteiger partial charge in [0.1, 0.15) is 5.54 Å². The minimum atomic E-state index is -0.860. The molecule has 0 aliphatic heterocycles. The van der Waals surface area contributed by atoms with Crippen molar-refractivity contribution in [3.8, 4) is 0 Å². The lowest BCUT2D eigenvalue weighted by Gasteiger charge is -2.31. The second-order valence-corrected chi connectivity index (χ2v) is 6.97. The summed E-state index contributed by atoms with van der Waals surface area (Å²) in [7, 11) is 0. The molecule has 1 aromatic carbocycles. The van der Waals surface area contributed by atoms with Crippen LogP contribution in [0, 0.1) is 5.41 Å². The van der Waals surface area contributed by atoms with Crippen molar-refractivity contribution in [3.05, 3.63) is 29.3 Å². The Morgan fingerprint density at radius 3 is 2.40 bits per heavy atom. The lowest BCUT2D eigenvalue weighted by molar-refractivity contribution is -0.142. The highest BCUT2D eigenvalue weighted by Gasteiger charge is 2.41. The molecule has 2 N–H and O–H groups in total. The first-order chi connectivity index (χ1) is 9.33. The molecule has 0 radical (unpaired) electrons. The Kier molecular flexibility index (Phi) is 4.28. The molecule has 0 aromatic heterocycles. The molecule has 1 fully saturated rings. The Labute approximate surface area is 125 Å². The summed E-state index contributed by atoms with van der Waals surface area (Å²) in [5.74, 6) is -0.759. The summed E-state index contributed by atoms with van der Waals surface area (Å²) in [6.45, 7) is 4.43. The Morgan fingerprint density at radius 2 is 1.80 bits per heavy atom. The van der Waals surface area contributed by atoms with Gasteiger partial charge in [-0.25, -0.2) is 4.79 Å². The van der Waals surface area contributed by atoms with Gasteiger partial charge in [0.15, 0.2) is 0 Å². The standard InChI is InChI=1S/C16H22ClNO2/c1-15(2)8-3-9-16(11-10-15,14(19)20)18-13-6-4-12(17)5-7-13/h4-7,18H,3,8-11H2,1-2H3,(H,19,20). The Bertz CT molecular complexity index is 484. The molecule has 1 aromatic rings. The molecular formula is C16H22ClNO2. The van der Waals surface area contributed by atoms with E-state index in [0.717, 1.165) is 24.9 Å². The van der Waals surface area contributed by atoms with Crippen LogP contribution >= 0.6 is 11.6 Å². The van der Waals surface area contributed by atoms with Gasteiger partial charge in [-0.15, -0.1) is 0 Å². The highest BCUT2D eigenvalue weighted by molar-refractivity contribution is 6.30. The maximum Gasteiger partial charge on any atom is 0.329 e. The molecule has 0 bridgehead atoms. The summed E-state index contributed by atoms with van der Waals surface area (Å²) in [4.78, 5) is 11.8. The first kappa shape index (κ1) is 15.2. The molecule has 1 aliphatic carbocycles. The maximum absolute atomic E-state index is 11.8. The molecule has 110 valence electrons. The Hall–Kier alpha value is -1.22. The van der Waals surface area contributed by atoms with Gasteiger partial charge < -0.3 is 10.4 Å². The second kappa shape index (κ2) is 5.65. The number of carbonyl (C=O) groups is 1. The lowest BCUT2D eigenvalue weighted by atomic mass is 9.83. The largest absolute Gasteiger partial charge is 0.480 e. The van der Waals surface area contributed by atoms with E-state index in [1.54, 1.807) is 12.1 Å². The van der Waals surface area contributed by atoms with Gasteiger partial charge in [-0.2, -0.15) is 0 Å². The number of anilines is 1. The maximum atomic E-state index is 11.8. The van der Waals surface area contributed by atoms with Gasteiger partial charge >= 0.3 is 5.97 Å². The average molecular weight is 296 g/mol. The third-order valence-corrected chi connectivity index (χ3v) is 4.57. The number of carboxylic acids is 1. The van der Waals surface area contributed by atoms with E-state index in [4.69, 9.17) is 11.6 Å². The van der Waals surface area contributed by atoms with Gasteiger partial charge in [0.2, 0.25) is 0 Å². The van der Waals surface area contributed by atoms with Crippen molar-refractivity contribution in [2.45, 2.75) is 51.5 Å². The summed E-state index contributed by atoms with van der Waals surface area (Å²) in [6.07, 6.45) is 4.23. The van der Waals surface area contributed by atoms with Crippen molar-refractivity contribution < 1.29 is 9.90 Å². The number of hydrogen-bond acceptors (Lipinski definition) is 2. The molecule has 1 atom stereocenters. The van der Waals surface area contributed by atoms with Gasteiger partial charge in [0.25, 0.3) is 0 Å². The first-order valence-electron chi connectivity index (χ1n) is 7.10. The topological polar surface area (TPSA) is 49.3 Å². The van der Waals surface area contributed by atoms with Crippen LogP contribution in [0.1, 0.15) is 46.0 Å². The molecule has 3 nitrogen and oxygen atoms in total. The SMILES string of the molecule is CC1(C)CCCC(Nc2ccc(Cl)cc2)(C(=O)O)CC1. The molecule has 0 heterocycles. The van der Waals surface area contributed by atoms with E-state index in [9.17, 15) is 9.90 Å². The molecule has 0 amide bonds. The van der Waals surface area contributed by atoms with Crippen LogP contribution in [-0.2, 0) is 4.79 Å². The van der Waals surface area contributed by atoms with E-state index < -0.39 is 11.5 Å². The monoisotopic (exact) mass is 295 g/mol. The third kappa shape index (κ3) is 3.45. The van der Waals surface area contributed by atoms with Crippen LogP contribution in [0.5, 0.6) is 0 Å². The minimum Gasteiger partial charge on any atom is -0.480 e. The second-order valence-electron chi connectivity index (χ2n) is 6.54. The molecule has 0 spiro atoms. The number of rotatable bonds is 3. The predicted octanol–water partition coefficient (Wildman–Crippen LogP) is 4.57. The van der Waals surface area contributed by atoms with Crippen LogP contribution in [0.2, 0.25) is 5.02 Å². The predicted molar refractivity (Wildman–Crippen MR) is 82.3 cm³/mol. The van der Waals surface area contributed by atoms with Crippen molar-refractivity contribution in [2.24, 2.45) is 5.41 Å². The fourth-order valence-electron chi connectivity index (χ4n) is 2.87. The van der Waals surface area contributed by atoms with Gasteiger partial charge in [0.05, 0.1) is 0 Å². The van der Waals surface area contributed by atoms with Crippen molar-refractivity contribution in [2.75, 3.05) is 5.32 Å². The summed E-state index contributed by atoms with van der Waals surface area (Å²) in [6, 6.07) is 7.23. The van der Waals surface area contributed by atoms with Crippen molar-refractivity contribution >= 4 is 23.3 Å². The zero-order valence-electron chi connectivity index (χ0n) is 12.1. The highest BCUT2D eigenvalue weighted by atomic mass is 35.5. The van der Waals surface area contributed by atoms with Crippen LogP contribution < -0.4 is 5.32 Å². The van der Waals surface area contributed by atoms with E-state index in [1.165, 1.54) is 0 Å². The molecule has 0 saturated heterocycles. The van der Waals surface area contributed by atoms with E-state index >= 15 is 0 Å². The molecule has 1 aliphatic rings. The van der Waals surface area contributed by atoms with Crippen molar-refractivity contribution in [1.82, 2.24) is 0 Å². The minimum absolute atomic E-state index is 0.221. The van der Waals surface area contributed by atoms with E-state index in [0.29, 0.717) is 17.9 Å². The number of benzene rings is 1. The van der Waals surface area contributed by atoms with Gasteiger partial charge in [-0.3, -0.25) is 0 Å². The zero-order chi connectivity index (χ0) is 14.8. The summed E-state index contributed by atoms with van der Waals surface area (Å²) in [5, 5.41) is 13.6. The number of carboxylic acid groups (broad SMARTS) is 1. The molecule has 1 saturated carbocycles. The van der Waals surface area contributed by atoms with Crippen LogP contribution in [0.25, 0.3) is 0 Å². The summed E-state index contributed by atoms with van der Waals surface area (Å²) >= 11 is 5.87. The van der Waals surface area contributed by atoms with Gasteiger partial charge in [0, 0.05) is 10.7 Å². The van der Waals surface area contributed by atoms with Crippen LogP contribution in [-0.4, -0.2) is 16.6 Å². The zero-order valence-corrected chi connectivity index (χ0v) is 12.8. The van der Waals surface area contributed by atoms with Gasteiger partial charge in [-0.05, 0) is 61.8 Å². The smallest absolute Gasteiger partial charge is 0.329 e. The van der Waals surface area contributed by atoms with E-state index in [2.05, 4.69) is 19.2 Å². The quantitative estimate of drug-likeness (QED) is 0.803. The lowest BCUT2D eigenvalue weighted by Crippen LogP contribution is -2.46. The third-order valence-electron chi connectivity index (χ3n) is 4.32. The highest BCUT2D eigenvalue weighted by Crippen LogP contribution is 2.39. The summed E-state index contributed by atoms with van der Waals surface area (Å²) in [5.41, 5.74) is 0.178. The first-order valence-corrected chi connectivity index (χ1v) is 7.48. The average Bonchev–Trinajstić information content (AvgIpc) is 2.52. The fraction of sp³-hybridized carbons (Fsp3) is 0.562.